The van der Waals surface area contributed by atoms with Crippen LogP contribution in [0.5, 0.6) is 5.75 Å². The van der Waals surface area contributed by atoms with Gasteiger partial charge in [-0.2, -0.15) is 5.26 Å². The van der Waals surface area contributed by atoms with Crippen LogP contribution in [-0.4, -0.2) is 38.9 Å². The van der Waals surface area contributed by atoms with Crippen LogP contribution in [-0.2, 0) is 6.42 Å². The number of aromatic nitrogens is 2. The first-order valence-electron chi connectivity index (χ1n) is 11.3. The smallest absolute Gasteiger partial charge is 0.407 e. The molecule has 4 rings (SSSR count). The number of carbonyl (C=O) groups is 1. The molecule has 1 aromatic heterocycles. The Bertz CT molecular complexity index is 1270. The maximum Gasteiger partial charge on any atom is 0.407 e. The van der Waals surface area contributed by atoms with Crippen LogP contribution in [0.15, 0.2) is 36.4 Å². The maximum absolute atomic E-state index is 11.8. The van der Waals surface area contributed by atoms with Gasteiger partial charge in [0.05, 0.1) is 17.7 Å². The molecule has 1 atom stereocenters. The van der Waals surface area contributed by atoms with Gasteiger partial charge in [-0.25, -0.2) is 4.79 Å². The van der Waals surface area contributed by atoms with Gasteiger partial charge in [0.15, 0.2) is 0 Å². The van der Waals surface area contributed by atoms with Crippen molar-refractivity contribution in [1.29, 1.82) is 5.26 Å². The number of nitrogens with zero attached hydrogens (tertiary/aromatic N) is 4. The molecule has 34 heavy (non-hydrogen) atoms. The number of benzene rings is 2. The van der Waals surface area contributed by atoms with Crippen molar-refractivity contribution < 1.29 is 14.6 Å². The molecule has 1 unspecified atom stereocenters. The highest BCUT2D eigenvalue weighted by Gasteiger charge is 2.38. The average molecular weight is 477 g/mol. The largest absolute Gasteiger partial charge is 0.490 e. The van der Waals surface area contributed by atoms with E-state index in [9.17, 15) is 15.2 Å². The van der Waals surface area contributed by atoms with E-state index in [0.717, 1.165) is 32.3 Å². The molecule has 3 aromatic rings. The molecule has 0 saturated carbocycles. The Morgan fingerprint density at radius 2 is 1.82 bits per heavy atom. The summed E-state index contributed by atoms with van der Waals surface area (Å²) in [5.74, 6) is 0.560. The summed E-state index contributed by atoms with van der Waals surface area (Å²) in [5.41, 5.74) is 4.21. The summed E-state index contributed by atoms with van der Waals surface area (Å²) in [6, 6.07) is 13.6. The molecule has 7 nitrogen and oxygen atoms in total. The second kappa shape index (κ2) is 9.07. The molecule has 0 bridgehead atoms. The molecule has 0 fully saturated rings. The third-order valence-electron chi connectivity index (χ3n) is 5.82. The van der Waals surface area contributed by atoms with E-state index in [1.165, 1.54) is 11.3 Å². The molecule has 0 aliphatic carbocycles. The molecule has 1 aliphatic heterocycles. The number of hydrogen-bond acceptors (Lipinski definition) is 6. The van der Waals surface area contributed by atoms with Crippen LogP contribution < -0.4 is 4.74 Å². The lowest BCUT2D eigenvalue weighted by Crippen LogP contribution is -2.44. The topological polar surface area (TPSA) is 99.3 Å². The molecule has 2 aromatic carbocycles. The van der Waals surface area contributed by atoms with E-state index in [1.807, 2.05) is 32.0 Å². The van der Waals surface area contributed by atoms with Gasteiger partial charge >= 0.3 is 6.09 Å². The summed E-state index contributed by atoms with van der Waals surface area (Å²) in [4.78, 5) is 13.4. The number of amides is 1. The quantitative estimate of drug-likeness (QED) is 0.484. The average Bonchev–Trinajstić information content (AvgIpc) is 3.27. The van der Waals surface area contributed by atoms with Crippen LogP contribution in [0.2, 0.25) is 0 Å². The summed E-state index contributed by atoms with van der Waals surface area (Å²) >= 11 is 1.46. The second-order valence-electron chi connectivity index (χ2n) is 9.81. The minimum absolute atomic E-state index is 0.0180. The van der Waals surface area contributed by atoms with Gasteiger partial charge in [-0.1, -0.05) is 44.2 Å². The molecule has 0 saturated heterocycles. The van der Waals surface area contributed by atoms with Crippen molar-refractivity contribution >= 4 is 17.4 Å². The summed E-state index contributed by atoms with van der Waals surface area (Å²) < 4.78 is 5.71. The zero-order valence-electron chi connectivity index (χ0n) is 20.0. The van der Waals surface area contributed by atoms with Gasteiger partial charge in [0.2, 0.25) is 0 Å². The zero-order valence-corrected chi connectivity index (χ0v) is 20.8. The van der Waals surface area contributed by atoms with Crippen LogP contribution in [0.3, 0.4) is 0 Å². The van der Waals surface area contributed by atoms with Crippen molar-refractivity contribution in [3.8, 4) is 33.0 Å². The van der Waals surface area contributed by atoms with Gasteiger partial charge in [0.1, 0.15) is 21.8 Å². The molecule has 176 valence electrons. The lowest BCUT2D eigenvalue weighted by molar-refractivity contribution is 0.0759. The Hall–Kier alpha value is -3.44. The van der Waals surface area contributed by atoms with Gasteiger partial charge in [-0.15, -0.1) is 10.2 Å². The number of ether oxygens (including phenoxy) is 1. The molecule has 1 N–H and O–H groups in total. The van der Waals surface area contributed by atoms with Crippen LogP contribution in [0, 0.1) is 16.7 Å². The first kappa shape index (κ1) is 23.7. The SMILES string of the molecule is CC(C)Oc1ccc(-c2nnc(-c3ccc4c(c3)CCN(C(=O)O)C4C(C)(C)C)s2)cc1C#N. The normalized spacial score (nSPS) is 15.7. The van der Waals surface area contributed by atoms with Gasteiger partial charge in [0.25, 0.3) is 0 Å². The van der Waals surface area contributed by atoms with Crippen molar-refractivity contribution in [3.05, 3.63) is 53.1 Å². The highest BCUT2D eigenvalue weighted by molar-refractivity contribution is 7.17. The first-order chi connectivity index (χ1) is 16.1. The predicted molar refractivity (Wildman–Crippen MR) is 132 cm³/mol. The van der Waals surface area contributed by atoms with Crippen LogP contribution in [0.25, 0.3) is 21.1 Å². The summed E-state index contributed by atoms with van der Waals surface area (Å²) in [6.45, 7) is 10.5. The van der Waals surface area contributed by atoms with Crippen LogP contribution >= 0.6 is 11.3 Å². The Balaban J connectivity index is 1.66. The molecular formula is C26H28N4O3S. The molecule has 8 heteroatoms. The lowest BCUT2D eigenvalue weighted by Gasteiger charge is -2.43. The third kappa shape index (κ3) is 4.62. The van der Waals surface area contributed by atoms with Gasteiger partial charge in [-0.3, -0.25) is 0 Å². The van der Waals surface area contributed by atoms with E-state index in [1.54, 1.807) is 17.0 Å². The summed E-state index contributed by atoms with van der Waals surface area (Å²) in [7, 11) is 0. The van der Waals surface area contributed by atoms with Gasteiger partial charge < -0.3 is 14.7 Å². The Labute approximate surface area is 203 Å². The minimum atomic E-state index is -0.884. The maximum atomic E-state index is 11.8. The number of fused-ring (bicyclic) bond motifs is 1. The second-order valence-corrected chi connectivity index (χ2v) is 10.8. The summed E-state index contributed by atoms with van der Waals surface area (Å²) in [5, 5.41) is 29.5. The fourth-order valence-corrected chi connectivity index (χ4v) is 5.30. The van der Waals surface area contributed by atoms with E-state index < -0.39 is 6.09 Å². The van der Waals surface area contributed by atoms with Crippen molar-refractivity contribution in [2.45, 2.75) is 53.2 Å². The van der Waals surface area contributed by atoms with E-state index in [2.05, 4.69) is 43.1 Å². The van der Waals surface area contributed by atoms with Gasteiger partial charge in [-0.05, 0) is 61.1 Å². The molecule has 1 amide bonds. The van der Waals surface area contributed by atoms with Crippen molar-refractivity contribution in [2.24, 2.45) is 5.41 Å². The predicted octanol–water partition coefficient (Wildman–Crippen LogP) is 6.15. The molecule has 0 radical (unpaired) electrons. The number of nitriles is 1. The summed E-state index contributed by atoms with van der Waals surface area (Å²) in [6.07, 6.45) is -0.239. The Morgan fingerprint density at radius 1 is 1.18 bits per heavy atom. The highest BCUT2D eigenvalue weighted by atomic mass is 32.1. The van der Waals surface area contributed by atoms with E-state index in [0.29, 0.717) is 24.3 Å². The van der Waals surface area contributed by atoms with Crippen molar-refractivity contribution in [1.82, 2.24) is 15.1 Å². The molecular weight excluding hydrogens is 448 g/mol. The van der Waals surface area contributed by atoms with Crippen molar-refractivity contribution in [2.75, 3.05) is 6.54 Å². The molecule has 1 aliphatic rings. The van der Waals surface area contributed by atoms with E-state index in [-0.39, 0.29) is 17.6 Å². The number of hydrogen-bond donors (Lipinski definition) is 1. The van der Waals surface area contributed by atoms with Crippen LogP contribution in [0.1, 0.15) is 57.4 Å². The fraction of sp³-hybridized carbons (Fsp3) is 0.385. The standard InChI is InChI=1S/C26H28N4O3S/c1-15(2)33-21-9-7-18(13-19(21)14-27)24-29-28-23(34-24)17-6-8-20-16(12-17)10-11-30(25(31)32)22(20)26(3,4)5/h6-9,12-13,15,22H,10-11H2,1-5H3,(H,31,32). The Kier molecular flexibility index (Phi) is 6.32. The van der Waals surface area contributed by atoms with Gasteiger partial charge in [0, 0.05) is 17.7 Å². The molecule has 0 spiro atoms. The number of rotatable bonds is 4. The van der Waals surface area contributed by atoms with E-state index >= 15 is 0 Å². The lowest BCUT2D eigenvalue weighted by atomic mass is 9.77. The fourth-order valence-electron chi connectivity index (χ4n) is 4.46. The van der Waals surface area contributed by atoms with Crippen molar-refractivity contribution in [3.63, 3.8) is 0 Å². The Morgan fingerprint density at radius 3 is 2.41 bits per heavy atom. The van der Waals surface area contributed by atoms with Crippen LogP contribution in [0.4, 0.5) is 4.79 Å². The molecule has 2 heterocycles. The first-order valence-corrected chi connectivity index (χ1v) is 12.1. The third-order valence-corrected chi connectivity index (χ3v) is 6.84. The highest BCUT2D eigenvalue weighted by Crippen LogP contribution is 2.43. The zero-order chi connectivity index (χ0) is 24.6. The van der Waals surface area contributed by atoms with E-state index in [4.69, 9.17) is 4.74 Å². The minimum Gasteiger partial charge on any atom is -0.490 e. The number of carboxylic acid groups (broad SMARTS) is 1. The monoisotopic (exact) mass is 476 g/mol.